The van der Waals surface area contributed by atoms with E-state index in [2.05, 4.69) is 0 Å². The van der Waals surface area contributed by atoms with E-state index >= 15 is 0 Å². The van der Waals surface area contributed by atoms with Crippen molar-refractivity contribution in [3.05, 3.63) is 27.3 Å². The molecule has 0 radical (unpaired) electrons. The molecule has 0 bridgehead atoms. The molecule has 2 nitrogen and oxygen atoms in total. The maximum absolute atomic E-state index is 10.5. The Bertz CT molecular complexity index is 312. The van der Waals surface area contributed by atoms with Crippen molar-refractivity contribution in [2.24, 2.45) is 0 Å². The van der Waals surface area contributed by atoms with Gasteiger partial charge in [-0.3, -0.25) is 4.79 Å². The van der Waals surface area contributed by atoms with Crippen molar-refractivity contribution in [1.29, 1.82) is 0 Å². The van der Waals surface area contributed by atoms with Crippen LogP contribution in [0.25, 0.3) is 0 Å². The van der Waals surface area contributed by atoms with E-state index in [9.17, 15) is 4.79 Å². The predicted octanol–water partition coefficient (Wildman–Crippen LogP) is 2.11. The molecule has 0 fully saturated rings. The van der Waals surface area contributed by atoms with E-state index in [0.29, 0.717) is 14.9 Å². The van der Waals surface area contributed by atoms with Gasteiger partial charge in [-0.15, -0.1) is 0 Å². The third-order valence-electron chi connectivity index (χ3n) is 1.25. The lowest BCUT2D eigenvalue weighted by Gasteiger charge is -2.00. The number of ether oxygens (including phenoxy) is 1. The summed E-state index contributed by atoms with van der Waals surface area (Å²) in [6.07, 6.45) is 0.735. The lowest BCUT2D eigenvalue weighted by Crippen LogP contribution is -1.88. The monoisotopic (exact) mass is 263 g/mol. The SMILES string of the molecule is [2H]c1c(OC)ccc(C=O)c1I. The average Bonchev–Trinajstić information content (AvgIpc) is 2.10. The second-order valence-corrected chi connectivity index (χ2v) is 2.99. The summed E-state index contributed by atoms with van der Waals surface area (Å²) in [5, 5.41) is 0. The summed E-state index contributed by atoms with van der Waals surface area (Å²) < 4.78 is 13.1. The first-order valence-electron chi connectivity index (χ1n) is 3.49. The molecule has 0 aliphatic heterocycles. The Morgan fingerprint density at radius 3 is 3.00 bits per heavy atom. The van der Waals surface area contributed by atoms with Crippen molar-refractivity contribution in [2.75, 3.05) is 7.11 Å². The minimum Gasteiger partial charge on any atom is -0.497 e. The molecule has 0 spiro atoms. The molecule has 0 heterocycles. The number of hydrogen-bond donors (Lipinski definition) is 0. The Hall–Kier alpha value is -0.580. The van der Waals surface area contributed by atoms with Gasteiger partial charge in [-0.2, -0.15) is 0 Å². The average molecular weight is 263 g/mol. The van der Waals surface area contributed by atoms with E-state index in [0.717, 1.165) is 6.29 Å². The smallest absolute Gasteiger partial charge is 0.151 e. The lowest BCUT2D eigenvalue weighted by atomic mass is 10.2. The summed E-state index contributed by atoms with van der Waals surface area (Å²) in [5.41, 5.74) is 0.529. The molecular weight excluding hydrogens is 255 g/mol. The van der Waals surface area contributed by atoms with Crippen LogP contribution in [0.4, 0.5) is 0 Å². The highest BCUT2D eigenvalue weighted by Crippen LogP contribution is 2.17. The van der Waals surface area contributed by atoms with E-state index in [1.807, 2.05) is 22.6 Å². The number of aldehydes is 1. The molecule has 0 amide bonds. The first kappa shape index (κ1) is 7.09. The molecular formula is C8H7IO2. The van der Waals surface area contributed by atoms with Crippen molar-refractivity contribution in [1.82, 2.24) is 0 Å². The van der Waals surface area contributed by atoms with E-state index in [4.69, 9.17) is 6.11 Å². The largest absolute Gasteiger partial charge is 0.497 e. The number of carbonyl (C=O) groups excluding carboxylic acids is 1. The zero-order chi connectivity index (χ0) is 9.14. The molecule has 0 aromatic heterocycles. The maximum atomic E-state index is 10.5. The summed E-state index contributed by atoms with van der Waals surface area (Å²) in [5.74, 6) is 0.491. The molecule has 3 heteroatoms. The normalized spacial score (nSPS) is 10.5. The fourth-order valence-corrected chi connectivity index (χ4v) is 1.24. The molecule has 1 rings (SSSR count). The van der Waals surface area contributed by atoms with Crippen molar-refractivity contribution in [3.8, 4) is 5.75 Å². The number of benzene rings is 1. The number of rotatable bonds is 2. The van der Waals surface area contributed by atoms with Gasteiger partial charge < -0.3 is 4.74 Å². The fraction of sp³-hybridized carbons (Fsp3) is 0.125. The van der Waals surface area contributed by atoms with Crippen molar-refractivity contribution in [3.63, 3.8) is 0 Å². The molecule has 11 heavy (non-hydrogen) atoms. The molecule has 0 atom stereocenters. The highest BCUT2D eigenvalue weighted by molar-refractivity contribution is 14.1. The van der Waals surface area contributed by atoms with E-state index in [1.54, 1.807) is 12.1 Å². The number of hydrogen-bond acceptors (Lipinski definition) is 2. The second-order valence-electron chi connectivity index (χ2n) is 1.91. The van der Waals surface area contributed by atoms with Crippen LogP contribution in [0.5, 0.6) is 5.75 Å². The van der Waals surface area contributed by atoms with Crippen molar-refractivity contribution in [2.45, 2.75) is 0 Å². The molecule has 0 N–H and O–H groups in total. The second kappa shape index (κ2) is 3.71. The third-order valence-corrected chi connectivity index (χ3v) is 2.14. The van der Waals surface area contributed by atoms with Gasteiger partial charge in [0.1, 0.15) is 5.75 Å². The zero-order valence-electron chi connectivity index (χ0n) is 6.93. The van der Waals surface area contributed by atoms with Gasteiger partial charge in [0.15, 0.2) is 6.29 Å². The summed E-state index contributed by atoms with van der Waals surface area (Å²) >= 11 is 1.96. The number of carbonyl (C=O) groups is 1. The van der Waals surface area contributed by atoms with Crippen molar-refractivity contribution < 1.29 is 10.9 Å². The van der Waals surface area contributed by atoms with Crippen LogP contribution < -0.4 is 4.74 Å². The Kier molecular flexibility index (Phi) is 2.39. The Morgan fingerprint density at radius 1 is 1.73 bits per heavy atom. The van der Waals surface area contributed by atoms with E-state index in [1.165, 1.54) is 7.11 Å². The Morgan fingerprint density at radius 2 is 2.45 bits per heavy atom. The highest BCUT2D eigenvalue weighted by Gasteiger charge is 1.98. The molecule has 1 aromatic carbocycles. The van der Waals surface area contributed by atoms with Gasteiger partial charge in [0.25, 0.3) is 0 Å². The highest BCUT2D eigenvalue weighted by atomic mass is 127. The molecule has 0 aliphatic rings. The fourth-order valence-electron chi connectivity index (χ4n) is 0.671. The minimum atomic E-state index is 0.266. The van der Waals surface area contributed by atoms with Crippen LogP contribution in [-0.4, -0.2) is 13.4 Å². The van der Waals surface area contributed by atoms with Crippen LogP contribution in [0.1, 0.15) is 11.7 Å². The quantitative estimate of drug-likeness (QED) is 0.603. The molecule has 0 aliphatic carbocycles. The summed E-state index contributed by atoms with van der Waals surface area (Å²) in [6, 6.07) is 3.53. The van der Waals surface area contributed by atoms with Gasteiger partial charge >= 0.3 is 0 Å². The Labute approximate surface area is 80.1 Å². The first-order chi connectivity index (χ1) is 5.70. The zero-order valence-corrected chi connectivity index (χ0v) is 8.08. The number of methoxy groups -OCH3 is 1. The molecule has 0 saturated carbocycles. The van der Waals surface area contributed by atoms with Crippen LogP contribution in [0.15, 0.2) is 18.2 Å². The van der Waals surface area contributed by atoms with Crippen LogP contribution in [0, 0.1) is 3.57 Å². The summed E-state index contributed by atoms with van der Waals surface area (Å²) in [7, 11) is 1.50. The molecule has 0 unspecified atom stereocenters. The van der Waals surface area contributed by atoms with Crippen LogP contribution in [0.2, 0.25) is 0 Å². The van der Waals surface area contributed by atoms with Gasteiger partial charge in [-0.25, -0.2) is 0 Å². The van der Waals surface area contributed by atoms with Gasteiger partial charge in [0, 0.05) is 9.13 Å². The topological polar surface area (TPSA) is 26.3 Å². The maximum Gasteiger partial charge on any atom is 0.151 e. The van der Waals surface area contributed by atoms with Gasteiger partial charge in [-0.05, 0) is 40.8 Å². The van der Waals surface area contributed by atoms with Crippen LogP contribution in [-0.2, 0) is 0 Å². The Balaban J connectivity index is 3.29. The van der Waals surface area contributed by atoms with Crippen LogP contribution in [0.3, 0.4) is 0 Å². The minimum absolute atomic E-state index is 0.266. The predicted molar refractivity (Wildman–Crippen MR) is 51.1 cm³/mol. The van der Waals surface area contributed by atoms with Gasteiger partial charge in [0.2, 0.25) is 0 Å². The molecule has 1 aromatic rings. The third kappa shape index (κ3) is 1.92. The van der Waals surface area contributed by atoms with E-state index in [-0.39, 0.29) is 6.04 Å². The first-order valence-corrected chi connectivity index (χ1v) is 4.07. The van der Waals surface area contributed by atoms with E-state index < -0.39 is 0 Å². The standard InChI is InChI=1S/C8H7IO2/c1-11-7-3-2-6(5-10)8(9)4-7/h2-5H,1H3/i4D. The van der Waals surface area contributed by atoms with Gasteiger partial charge in [0.05, 0.1) is 8.48 Å². The van der Waals surface area contributed by atoms with Gasteiger partial charge in [-0.1, -0.05) is 0 Å². The molecule has 0 saturated heterocycles. The van der Waals surface area contributed by atoms with Crippen molar-refractivity contribution >= 4 is 28.9 Å². The lowest BCUT2D eigenvalue weighted by molar-refractivity contribution is 0.112. The van der Waals surface area contributed by atoms with Crippen LogP contribution >= 0.6 is 22.6 Å². The molecule has 58 valence electrons. The number of halogens is 1. The summed E-state index contributed by atoms with van der Waals surface area (Å²) in [6.45, 7) is 0. The summed E-state index contributed by atoms with van der Waals surface area (Å²) in [4.78, 5) is 10.5.